The molecule has 3 aromatic rings. The van der Waals surface area contributed by atoms with Crippen LogP contribution in [0.5, 0.6) is 0 Å². The molecule has 0 N–H and O–H groups in total. The molecule has 1 saturated heterocycles. The Bertz CT molecular complexity index is 1340. The first-order chi connectivity index (χ1) is 15.3. The van der Waals surface area contributed by atoms with E-state index in [-0.39, 0.29) is 40.1 Å². The van der Waals surface area contributed by atoms with E-state index >= 15 is 0 Å². The number of carbonyl (C=O) groups is 1. The van der Waals surface area contributed by atoms with Crippen LogP contribution in [0.1, 0.15) is 13.3 Å². The maximum absolute atomic E-state index is 14.6. The molecule has 0 unspecified atom stereocenters. The number of aromatic nitrogens is 2. The Kier molecular flexibility index (Phi) is 6.34. The number of halogens is 1. The van der Waals surface area contributed by atoms with E-state index in [0.717, 1.165) is 11.8 Å². The first kappa shape index (κ1) is 22.5. The second kappa shape index (κ2) is 9.03. The van der Waals surface area contributed by atoms with Crippen molar-refractivity contribution in [3.05, 3.63) is 64.7 Å². The number of thioether (sulfide) groups is 1. The molecule has 1 aromatic heterocycles. The van der Waals surface area contributed by atoms with Gasteiger partial charge in [-0.1, -0.05) is 36.0 Å². The molecule has 168 valence electrons. The first-order valence-corrected chi connectivity index (χ1v) is 13.0. The van der Waals surface area contributed by atoms with Crippen molar-refractivity contribution in [2.75, 3.05) is 23.8 Å². The third kappa shape index (κ3) is 4.42. The average molecular weight is 476 g/mol. The van der Waals surface area contributed by atoms with Gasteiger partial charge in [-0.3, -0.25) is 14.2 Å². The quantitative estimate of drug-likeness (QED) is 0.402. The minimum atomic E-state index is -3.13. The molecule has 4 rings (SSSR count). The zero-order valence-corrected chi connectivity index (χ0v) is 19.0. The van der Waals surface area contributed by atoms with Crippen LogP contribution in [0.2, 0.25) is 0 Å². The van der Waals surface area contributed by atoms with Crippen molar-refractivity contribution >= 4 is 38.4 Å². The smallest absolute Gasteiger partial charge is 0.266 e. The minimum Gasteiger partial charge on any atom is -0.338 e. The summed E-state index contributed by atoms with van der Waals surface area (Å²) in [5.74, 6) is -0.837. The van der Waals surface area contributed by atoms with Gasteiger partial charge in [0.1, 0.15) is 5.82 Å². The van der Waals surface area contributed by atoms with Gasteiger partial charge in [-0.25, -0.2) is 17.8 Å². The second-order valence-electron chi connectivity index (χ2n) is 7.53. The molecule has 1 amide bonds. The van der Waals surface area contributed by atoms with Gasteiger partial charge in [-0.2, -0.15) is 0 Å². The van der Waals surface area contributed by atoms with Crippen molar-refractivity contribution in [1.29, 1.82) is 0 Å². The molecule has 1 atom stereocenters. The number of benzene rings is 2. The predicted molar refractivity (Wildman–Crippen MR) is 122 cm³/mol. The molecular formula is C22H22FN3O4S2. The number of hydrogen-bond acceptors (Lipinski definition) is 6. The number of hydrogen-bond donors (Lipinski definition) is 0. The molecule has 1 fully saturated rings. The number of amides is 1. The molecule has 10 heteroatoms. The highest BCUT2D eigenvalue weighted by Crippen LogP contribution is 2.24. The van der Waals surface area contributed by atoms with E-state index < -0.39 is 21.2 Å². The summed E-state index contributed by atoms with van der Waals surface area (Å²) in [6.07, 6.45) is 0.417. The fraction of sp³-hybridized carbons (Fsp3) is 0.318. The number of nitrogens with zero attached hydrogens (tertiary/aromatic N) is 3. The third-order valence-corrected chi connectivity index (χ3v) is 8.15. The molecule has 0 bridgehead atoms. The highest BCUT2D eigenvalue weighted by Gasteiger charge is 2.34. The molecule has 2 aromatic carbocycles. The van der Waals surface area contributed by atoms with Crippen LogP contribution in [0.3, 0.4) is 0 Å². The highest BCUT2D eigenvalue weighted by molar-refractivity contribution is 7.99. The van der Waals surface area contributed by atoms with Crippen molar-refractivity contribution in [1.82, 2.24) is 14.5 Å². The Morgan fingerprint density at radius 2 is 1.94 bits per heavy atom. The van der Waals surface area contributed by atoms with E-state index in [0.29, 0.717) is 23.9 Å². The van der Waals surface area contributed by atoms with Crippen LogP contribution in [-0.2, 0) is 14.6 Å². The van der Waals surface area contributed by atoms with Crippen molar-refractivity contribution in [2.24, 2.45) is 0 Å². The van der Waals surface area contributed by atoms with Crippen molar-refractivity contribution in [2.45, 2.75) is 24.5 Å². The van der Waals surface area contributed by atoms with Crippen LogP contribution in [0.25, 0.3) is 16.6 Å². The normalized spacial score (nSPS) is 17.5. The Balaban J connectivity index is 1.68. The van der Waals surface area contributed by atoms with E-state index in [1.807, 2.05) is 0 Å². The van der Waals surface area contributed by atoms with Gasteiger partial charge in [0.2, 0.25) is 5.91 Å². The first-order valence-electron chi connectivity index (χ1n) is 10.2. The van der Waals surface area contributed by atoms with E-state index in [4.69, 9.17) is 0 Å². The molecular weight excluding hydrogens is 453 g/mol. The van der Waals surface area contributed by atoms with Gasteiger partial charge in [0.15, 0.2) is 15.0 Å². The largest absolute Gasteiger partial charge is 0.338 e. The fourth-order valence-electron chi connectivity index (χ4n) is 3.92. The predicted octanol–water partition coefficient (Wildman–Crippen LogP) is 2.65. The lowest BCUT2D eigenvalue weighted by molar-refractivity contribution is -0.129. The van der Waals surface area contributed by atoms with Gasteiger partial charge in [0.05, 0.1) is 33.8 Å². The van der Waals surface area contributed by atoms with Crippen LogP contribution in [-0.4, -0.2) is 58.6 Å². The summed E-state index contributed by atoms with van der Waals surface area (Å²) in [5.41, 5.74) is 0.0825. The highest BCUT2D eigenvalue weighted by atomic mass is 32.2. The summed E-state index contributed by atoms with van der Waals surface area (Å²) in [4.78, 5) is 32.2. The van der Waals surface area contributed by atoms with Crippen LogP contribution in [0.4, 0.5) is 4.39 Å². The minimum absolute atomic E-state index is 0.0363. The summed E-state index contributed by atoms with van der Waals surface area (Å²) < 4.78 is 39.4. The van der Waals surface area contributed by atoms with Gasteiger partial charge in [0, 0.05) is 12.6 Å². The fourth-order valence-corrected chi connectivity index (χ4v) is 6.55. The van der Waals surface area contributed by atoms with Gasteiger partial charge in [-0.15, -0.1) is 0 Å². The summed E-state index contributed by atoms with van der Waals surface area (Å²) in [7, 11) is -3.13. The zero-order valence-electron chi connectivity index (χ0n) is 17.4. The summed E-state index contributed by atoms with van der Waals surface area (Å²) in [6.45, 7) is 2.18. The van der Waals surface area contributed by atoms with Gasteiger partial charge < -0.3 is 4.90 Å². The van der Waals surface area contributed by atoms with Crippen LogP contribution in [0.15, 0.2) is 58.5 Å². The lowest BCUT2D eigenvalue weighted by Gasteiger charge is -2.26. The molecule has 0 spiro atoms. The third-order valence-electron chi connectivity index (χ3n) is 5.47. The lowest BCUT2D eigenvalue weighted by Crippen LogP contribution is -2.42. The van der Waals surface area contributed by atoms with Crippen LogP contribution < -0.4 is 5.56 Å². The molecule has 2 heterocycles. The number of sulfone groups is 1. The zero-order chi connectivity index (χ0) is 22.9. The maximum atomic E-state index is 14.6. The Morgan fingerprint density at radius 1 is 1.22 bits per heavy atom. The molecule has 0 aliphatic carbocycles. The number of carbonyl (C=O) groups excluding carboxylic acids is 1. The maximum Gasteiger partial charge on any atom is 0.266 e. The number of para-hydroxylation sites is 2. The van der Waals surface area contributed by atoms with Crippen molar-refractivity contribution < 1.29 is 17.6 Å². The van der Waals surface area contributed by atoms with Crippen LogP contribution >= 0.6 is 11.8 Å². The van der Waals surface area contributed by atoms with E-state index in [1.165, 1.54) is 22.8 Å². The standard InChI is InChI=1S/C22H22FN3O4S2/c1-2-25(15-11-12-32(29,30)14-15)20(27)13-31-22-24-18-9-5-3-7-16(18)21(28)26(22)19-10-6-4-8-17(19)23/h3-10,15H,2,11-14H2,1H3/t15-/m0/s1. The molecule has 1 aliphatic heterocycles. The summed E-state index contributed by atoms with van der Waals surface area (Å²) >= 11 is 1.03. The van der Waals surface area contributed by atoms with Gasteiger partial charge >= 0.3 is 0 Å². The second-order valence-corrected chi connectivity index (χ2v) is 10.7. The van der Waals surface area contributed by atoms with E-state index in [1.54, 1.807) is 42.2 Å². The molecule has 0 radical (unpaired) electrons. The number of fused-ring (bicyclic) bond motifs is 1. The Labute approximate surface area is 189 Å². The average Bonchev–Trinajstić information content (AvgIpc) is 3.13. The lowest BCUT2D eigenvalue weighted by atomic mass is 10.2. The number of rotatable bonds is 6. The monoisotopic (exact) mass is 475 g/mol. The molecule has 7 nitrogen and oxygen atoms in total. The van der Waals surface area contributed by atoms with Gasteiger partial charge in [0.25, 0.3) is 5.56 Å². The van der Waals surface area contributed by atoms with Gasteiger partial charge in [-0.05, 0) is 37.6 Å². The van der Waals surface area contributed by atoms with Crippen molar-refractivity contribution in [3.63, 3.8) is 0 Å². The van der Waals surface area contributed by atoms with Crippen molar-refractivity contribution in [3.8, 4) is 5.69 Å². The van der Waals surface area contributed by atoms with E-state index in [2.05, 4.69) is 4.98 Å². The Morgan fingerprint density at radius 3 is 2.62 bits per heavy atom. The van der Waals surface area contributed by atoms with E-state index in [9.17, 15) is 22.4 Å². The summed E-state index contributed by atoms with van der Waals surface area (Å²) in [5, 5.41) is 0.542. The Hall–Kier alpha value is -2.72. The van der Waals surface area contributed by atoms with Crippen LogP contribution in [0, 0.1) is 5.82 Å². The molecule has 32 heavy (non-hydrogen) atoms. The summed E-state index contributed by atoms with van der Waals surface area (Å²) in [6, 6.07) is 12.3. The topological polar surface area (TPSA) is 89.3 Å². The molecule has 0 saturated carbocycles. The SMILES string of the molecule is CCN(C(=O)CSc1nc2ccccc2c(=O)n1-c1ccccc1F)[C@H]1CCS(=O)(=O)C1. The molecule has 1 aliphatic rings.